The summed E-state index contributed by atoms with van der Waals surface area (Å²) in [5, 5.41) is 19.9. The van der Waals surface area contributed by atoms with Gasteiger partial charge >= 0.3 is 0 Å². The number of aliphatic hydroxyl groups excluding tert-OH is 1. The maximum absolute atomic E-state index is 11.0. The van der Waals surface area contributed by atoms with Crippen LogP contribution < -0.4 is 10.2 Å². The number of aryl methyl sites for hydroxylation is 2. The molecular weight excluding hydrogens is 402 g/mol. The number of benzene rings is 1. The summed E-state index contributed by atoms with van der Waals surface area (Å²) in [6, 6.07) is 9.03. The Bertz CT molecular complexity index is 1080. The Kier molecular flexibility index (Phi) is 6.11. The minimum absolute atomic E-state index is 0.135. The Balaban J connectivity index is 1.43. The third-order valence-corrected chi connectivity index (χ3v) is 6.90. The SMILES string of the molecule is CCc1noc(-c2cc3cc(C)ccc3nc2N2CC[C@@H](NC3CCCCC3)[C@H](O)C2)n1. The van der Waals surface area contributed by atoms with E-state index >= 15 is 0 Å². The van der Waals surface area contributed by atoms with E-state index in [0.29, 0.717) is 24.3 Å². The quantitative estimate of drug-likeness (QED) is 0.626. The molecule has 1 aliphatic heterocycles. The maximum atomic E-state index is 11.0. The molecule has 1 aromatic carbocycles. The van der Waals surface area contributed by atoms with Gasteiger partial charge in [-0.25, -0.2) is 4.98 Å². The summed E-state index contributed by atoms with van der Waals surface area (Å²) < 4.78 is 5.60. The molecule has 3 heterocycles. The van der Waals surface area contributed by atoms with Crippen LogP contribution in [0.15, 0.2) is 28.8 Å². The van der Waals surface area contributed by atoms with Gasteiger partial charge in [-0.1, -0.05) is 43.0 Å². The van der Waals surface area contributed by atoms with E-state index in [1.807, 2.05) is 6.92 Å². The van der Waals surface area contributed by atoms with Gasteiger partial charge in [0.2, 0.25) is 0 Å². The number of hydrogen-bond acceptors (Lipinski definition) is 7. The molecule has 2 N–H and O–H groups in total. The molecule has 1 aliphatic carbocycles. The minimum atomic E-state index is -0.442. The highest BCUT2D eigenvalue weighted by atomic mass is 16.5. The number of pyridine rings is 1. The summed E-state index contributed by atoms with van der Waals surface area (Å²) in [7, 11) is 0. The van der Waals surface area contributed by atoms with Crippen molar-refractivity contribution in [2.24, 2.45) is 0 Å². The second-order valence-corrected chi connectivity index (χ2v) is 9.34. The lowest BCUT2D eigenvalue weighted by Crippen LogP contribution is -2.55. The molecule has 7 heteroatoms. The van der Waals surface area contributed by atoms with Gasteiger partial charge in [0.25, 0.3) is 5.89 Å². The molecule has 2 fully saturated rings. The Morgan fingerprint density at radius 3 is 2.72 bits per heavy atom. The molecule has 5 rings (SSSR count). The second-order valence-electron chi connectivity index (χ2n) is 9.34. The van der Waals surface area contributed by atoms with Gasteiger partial charge in [0.05, 0.1) is 17.2 Å². The van der Waals surface area contributed by atoms with E-state index in [0.717, 1.165) is 41.7 Å². The van der Waals surface area contributed by atoms with Crippen LogP contribution >= 0.6 is 0 Å². The van der Waals surface area contributed by atoms with Gasteiger partial charge in [-0.3, -0.25) is 0 Å². The highest BCUT2D eigenvalue weighted by molar-refractivity contribution is 5.88. The molecule has 2 aromatic heterocycles. The van der Waals surface area contributed by atoms with Crippen molar-refractivity contribution in [3.8, 4) is 11.5 Å². The molecule has 0 radical (unpaired) electrons. The van der Waals surface area contributed by atoms with Crippen LogP contribution in [-0.2, 0) is 6.42 Å². The maximum Gasteiger partial charge on any atom is 0.261 e. The van der Waals surface area contributed by atoms with Crippen molar-refractivity contribution in [2.75, 3.05) is 18.0 Å². The summed E-state index contributed by atoms with van der Waals surface area (Å²) >= 11 is 0. The number of anilines is 1. The standard InChI is InChI=1S/C25H33N5O2/c1-3-23-28-25(32-29-23)19-14-17-13-16(2)9-10-20(17)27-24(19)30-12-11-21(22(31)15-30)26-18-7-5-4-6-8-18/h9-10,13-14,18,21-22,26,31H,3-8,11-12,15H2,1-2H3/t21-,22-/m1/s1. The van der Waals surface area contributed by atoms with Crippen molar-refractivity contribution in [2.45, 2.75) is 77.0 Å². The van der Waals surface area contributed by atoms with Crippen LogP contribution in [0.2, 0.25) is 0 Å². The minimum Gasteiger partial charge on any atom is -0.390 e. The Labute approximate surface area is 189 Å². The van der Waals surface area contributed by atoms with Crippen LogP contribution in [0, 0.1) is 6.92 Å². The number of nitrogens with zero attached hydrogens (tertiary/aromatic N) is 4. The van der Waals surface area contributed by atoms with Crippen molar-refractivity contribution >= 4 is 16.7 Å². The summed E-state index contributed by atoms with van der Waals surface area (Å²) in [6.45, 7) is 5.46. The monoisotopic (exact) mass is 435 g/mol. The highest BCUT2D eigenvalue weighted by Gasteiger charge is 2.32. The average Bonchev–Trinajstić information content (AvgIpc) is 3.29. The first-order valence-corrected chi connectivity index (χ1v) is 12.0. The fraction of sp³-hybridized carbons (Fsp3) is 0.560. The topological polar surface area (TPSA) is 87.3 Å². The van der Waals surface area contributed by atoms with Gasteiger partial charge in [0.15, 0.2) is 5.82 Å². The van der Waals surface area contributed by atoms with Gasteiger partial charge in [-0.2, -0.15) is 4.98 Å². The summed E-state index contributed by atoms with van der Waals surface area (Å²) in [6.07, 6.45) is 7.53. The molecule has 0 bridgehead atoms. The predicted octanol–water partition coefficient (Wildman–Crippen LogP) is 4.02. The molecular formula is C25H33N5O2. The Hall–Kier alpha value is -2.51. The first-order valence-electron chi connectivity index (χ1n) is 12.0. The smallest absolute Gasteiger partial charge is 0.261 e. The fourth-order valence-electron chi connectivity index (χ4n) is 5.08. The molecule has 1 saturated heterocycles. The van der Waals surface area contributed by atoms with Crippen LogP contribution in [0.25, 0.3) is 22.4 Å². The molecule has 3 aromatic rings. The number of hydrogen-bond donors (Lipinski definition) is 2. The lowest BCUT2D eigenvalue weighted by molar-refractivity contribution is 0.103. The van der Waals surface area contributed by atoms with Gasteiger partial charge in [0.1, 0.15) is 5.82 Å². The number of nitrogens with one attached hydrogen (secondary N) is 1. The van der Waals surface area contributed by atoms with Gasteiger partial charge in [-0.05, 0) is 44.4 Å². The Morgan fingerprint density at radius 1 is 1.12 bits per heavy atom. The molecule has 7 nitrogen and oxygen atoms in total. The Morgan fingerprint density at radius 2 is 1.97 bits per heavy atom. The van der Waals surface area contributed by atoms with Gasteiger partial charge in [0, 0.05) is 37.0 Å². The first-order chi connectivity index (χ1) is 15.6. The summed E-state index contributed by atoms with van der Waals surface area (Å²) in [4.78, 5) is 11.7. The van der Waals surface area contributed by atoms with Crippen LogP contribution in [0.4, 0.5) is 5.82 Å². The number of fused-ring (bicyclic) bond motifs is 1. The van der Waals surface area contributed by atoms with Crippen molar-refractivity contribution in [3.05, 3.63) is 35.7 Å². The van der Waals surface area contributed by atoms with Gasteiger partial charge < -0.3 is 19.8 Å². The van der Waals surface area contributed by atoms with E-state index in [1.165, 1.54) is 37.7 Å². The average molecular weight is 436 g/mol. The third-order valence-electron chi connectivity index (χ3n) is 6.90. The van der Waals surface area contributed by atoms with E-state index in [1.54, 1.807) is 0 Å². The number of aliphatic hydroxyl groups is 1. The van der Waals surface area contributed by atoms with Gasteiger partial charge in [-0.15, -0.1) is 0 Å². The normalized spacial score (nSPS) is 22.5. The molecule has 32 heavy (non-hydrogen) atoms. The molecule has 0 amide bonds. The van der Waals surface area contributed by atoms with Crippen molar-refractivity contribution in [1.29, 1.82) is 0 Å². The zero-order chi connectivity index (χ0) is 22.1. The first kappa shape index (κ1) is 21.3. The molecule has 170 valence electrons. The van der Waals surface area contributed by atoms with Crippen molar-refractivity contribution in [3.63, 3.8) is 0 Å². The number of β-amino-alcohol motifs (C(OH)–C–C–N with tert-alkyl or cyclic N) is 1. The molecule has 2 atom stereocenters. The molecule has 2 aliphatic rings. The van der Waals surface area contributed by atoms with E-state index in [9.17, 15) is 5.11 Å². The number of rotatable bonds is 5. The number of piperidine rings is 1. The molecule has 1 saturated carbocycles. The van der Waals surface area contributed by atoms with E-state index in [2.05, 4.69) is 51.5 Å². The summed E-state index contributed by atoms with van der Waals surface area (Å²) in [5.74, 6) is 1.98. The summed E-state index contributed by atoms with van der Waals surface area (Å²) in [5.41, 5.74) is 2.95. The largest absolute Gasteiger partial charge is 0.390 e. The highest BCUT2D eigenvalue weighted by Crippen LogP contribution is 2.34. The predicted molar refractivity (Wildman–Crippen MR) is 126 cm³/mol. The molecule has 0 unspecified atom stereocenters. The molecule has 0 spiro atoms. The zero-order valence-electron chi connectivity index (χ0n) is 19.0. The van der Waals surface area contributed by atoms with Crippen LogP contribution in [-0.4, -0.2) is 51.5 Å². The van der Waals surface area contributed by atoms with E-state index in [4.69, 9.17) is 9.51 Å². The van der Waals surface area contributed by atoms with Crippen LogP contribution in [0.3, 0.4) is 0 Å². The third kappa shape index (κ3) is 4.36. The van der Waals surface area contributed by atoms with Crippen LogP contribution in [0.5, 0.6) is 0 Å². The lowest BCUT2D eigenvalue weighted by Gasteiger charge is -2.39. The van der Waals surface area contributed by atoms with E-state index in [-0.39, 0.29) is 6.04 Å². The number of aromatic nitrogens is 3. The lowest BCUT2D eigenvalue weighted by atomic mass is 9.92. The van der Waals surface area contributed by atoms with Crippen molar-refractivity contribution < 1.29 is 9.63 Å². The second kappa shape index (κ2) is 9.16. The fourth-order valence-corrected chi connectivity index (χ4v) is 5.08. The zero-order valence-corrected chi connectivity index (χ0v) is 19.0. The van der Waals surface area contributed by atoms with E-state index < -0.39 is 6.10 Å². The van der Waals surface area contributed by atoms with Crippen LogP contribution in [0.1, 0.15) is 56.8 Å². The van der Waals surface area contributed by atoms with Crippen molar-refractivity contribution in [1.82, 2.24) is 20.4 Å².